The number of carbonyl (C=O) groups excluding carboxylic acids is 2. The molecule has 13 heteroatoms. The lowest BCUT2D eigenvalue weighted by molar-refractivity contribution is -0.148. The molecule has 47 heavy (non-hydrogen) atoms. The van der Waals surface area contributed by atoms with Gasteiger partial charge in [-0.1, -0.05) is 35.9 Å². The van der Waals surface area contributed by atoms with Crippen LogP contribution in [0, 0.1) is 11.8 Å². The number of aryl methyl sites for hydroxylation is 1. The predicted octanol–water partition coefficient (Wildman–Crippen LogP) is 3.37. The third-order valence-electron chi connectivity index (χ3n) is 9.70. The molecule has 0 saturated heterocycles. The van der Waals surface area contributed by atoms with Crippen LogP contribution in [0.1, 0.15) is 55.2 Å². The number of ether oxygens (including phenoxy) is 1. The molecular formula is C34H45ClN4O7S. The van der Waals surface area contributed by atoms with E-state index < -0.39 is 40.1 Å². The molecule has 0 aromatic heterocycles. The Morgan fingerprint density at radius 3 is 2.62 bits per heavy atom. The molecule has 0 radical (unpaired) electrons. The summed E-state index contributed by atoms with van der Waals surface area (Å²) in [5.74, 6) is -1.01. The molecule has 2 bridgehead atoms. The summed E-state index contributed by atoms with van der Waals surface area (Å²) in [6.07, 6.45) is 7.17. The fourth-order valence-corrected chi connectivity index (χ4v) is 7.26. The van der Waals surface area contributed by atoms with Crippen molar-refractivity contribution in [2.75, 3.05) is 45.7 Å². The first-order valence-electron chi connectivity index (χ1n) is 16.1. The van der Waals surface area contributed by atoms with Crippen molar-refractivity contribution in [3.8, 4) is 5.75 Å². The molecule has 2 aliphatic heterocycles. The van der Waals surface area contributed by atoms with Gasteiger partial charge in [-0.2, -0.15) is 12.7 Å². The number of anilines is 1. The number of aliphatic hydroxyl groups is 2. The van der Waals surface area contributed by atoms with Gasteiger partial charge in [0.1, 0.15) is 12.4 Å². The van der Waals surface area contributed by atoms with E-state index in [0.29, 0.717) is 36.0 Å². The van der Waals surface area contributed by atoms with Crippen LogP contribution in [0.15, 0.2) is 48.6 Å². The number of nitrogens with one attached hydrogen (secondary N) is 1. The highest BCUT2D eigenvalue weighted by Crippen LogP contribution is 2.42. The summed E-state index contributed by atoms with van der Waals surface area (Å²) in [4.78, 5) is 30.7. The van der Waals surface area contributed by atoms with Gasteiger partial charge in [0.25, 0.3) is 5.91 Å². The first kappa shape index (κ1) is 35.2. The number of fused-ring (bicyclic) bond motifs is 3. The zero-order valence-electron chi connectivity index (χ0n) is 27.2. The summed E-state index contributed by atoms with van der Waals surface area (Å²) < 4.78 is 34.6. The molecule has 0 unspecified atom stereocenters. The Balaban J connectivity index is 1.62. The SMILES string of the molecule is CN1CC/C=C/[C@H](O)[C@@H]2CC[C@H]2CN2CCCCc3cc(Cl)ccc3COc3ccc(cc32)[C@@](O)(C(=O)NS(=O)(=O)N(C)C)CC1=O. The first-order chi connectivity index (χ1) is 22.3. The zero-order valence-corrected chi connectivity index (χ0v) is 28.8. The van der Waals surface area contributed by atoms with Crippen LogP contribution >= 0.6 is 11.6 Å². The van der Waals surface area contributed by atoms with Crippen molar-refractivity contribution in [1.29, 1.82) is 0 Å². The Morgan fingerprint density at radius 2 is 1.89 bits per heavy atom. The van der Waals surface area contributed by atoms with Crippen LogP contribution in [0.25, 0.3) is 0 Å². The maximum Gasteiger partial charge on any atom is 0.303 e. The molecular weight excluding hydrogens is 644 g/mol. The minimum atomic E-state index is -4.29. The van der Waals surface area contributed by atoms with E-state index in [0.717, 1.165) is 47.5 Å². The third-order valence-corrected chi connectivity index (χ3v) is 11.3. The third kappa shape index (κ3) is 7.94. The lowest BCUT2D eigenvalue weighted by Crippen LogP contribution is -2.51. The van der Waals surface area contributed by atoms with Crippen molar-refractivity contribution in [3.63, 3.8) is 0 Å². The van der Waals surface area contributed by atoms with Gasteiger partial charge in [-0.15, -0.1) is 0 Å². The maximum absolute atomic E-state index is 13.7. The fraction of sp³-hybridized carbons (Fsp3) is 0.529. The Hall–Kier alpha value is -3.16. The second-order valence-electron chi connectivity index (χ2n) is 13.1. The molecule has 256 valence electrons. The standard InChI is InChI=1S/C34H45ClN4O7S/c1-37(2)47(44,45)36-33(42)34(43)20-32(41)38(3)16-6-5-9-30(40)28-14-11-24(28)21-39-17-7-4-8-23-18-27(35)13-10-25(23)22-46-31-15-12-26(34)19-29(31)39/h5,9-10,12-13,15,18-19,24,28,30,40,43H,4,6-8,11,14,16-17,20-22H2,1-3H3,(H,36,42)/b9-5+/t24-,28+,30-,34+/m0/s1. The monoisotopic (exact) mass is 688 g/mol. The molecule has 2 aromatic rings. The van der Waals surface area contributed by atoms with Crippen LogP contribution in [0.5, 0.6) is 5.75 Å². The molecule has 4 atom stereocenters. The number of aliphatic hydroxyl groups excluding tert-OH is 1. The van der Waals surface area contributed by atoms with E-state index in [1.54, 1.807) is 25.3 Å². The molecule has 3 N–H and O–H groups in total. The maximum atomic E-state index is 13.7. The highest BCUT2D eigenvalue weighted by molar-refractivity contribution is 7.87. The van der Waals surface area contributed by atoms with Gasteiger partial charge < -0.3 is 24.7 Å². The lowest BCUT2D eigenvalue weighted by atomic mass is 9.70. The van der Waals surface area contributed by atoms with Gasteiger partial charge in [-0.3, -0.25) is 9.59 Å². The minimum absolute atomic E-state index is 0.0644. The molecule has 1 fully saturated rings. The van der Waals surface area contributed by atoms with Gasteiger partial charge in [0.05, 0.1) is 18.2 Å². The van der Waals surface area contributed by atoms with Gasteiger partial charge in [0, 0.05) is 45.8 Å². The molecule has 2 heterocycles. The van der Waals surface area contributed by atoms with Gasteiger partial charge in [-0.25, -0.2) is 4.72 Å². The van der Waals surface area contributed by atoms with E-state index in [-0.39, 0.29) is 30.6 Å². The second kappa shape index (κ2) is 14.5. The van der Waals surface area contributed by atoms with Crippen LogP contribution in [0.4, 0.5) is 5.69 Å². The number of nitrogens with zero attached hydrogens (tertiary/aromatic N) is 3. The Kier molecular flexibility index (Phi) is 10.9. The van der Waals surface area contributed by atoms with Crippen molar-refractivity contribution in [2.24, 2.45) is 11.8 Å². The van der Waals surface area contributed by atoms with E-state index in [2.05, 4.69) is 4.90 Å². The van der Waals surface area contributed by atoms with Gasteiger partial charge >= 0.3 is 10.2 Å². The minimum Gasteiger partial charge on any atom is -0.487 e. The summed E-state index contributed by atoms with van der Waals surface area (Å²) in [6.45, 7) is 1.78. The number of hydrogen-bond donors (Lipinski definition) is 3. The quantitative estimate of drug-likeness (QED) is 0.418. The lowest BCUT2D eigenvalue weighted by Gasteiger charge is -2.43. The van der Waals surface area contributed by atoms with Crippen molar-refractivity contribution >= 4 is 39.3 Å². The number of hydrogen-bond acceptors (Lipinski definition) is 8. The first-order valence-corrected chi connectivity index (χ1v) is 18.0. The zero-order chi connectivity index (χ0) is 33.9. The second-order valence-corrected chi connectivity index (χ2v) is 15.4. The molecule has 1 saturated carbocycles. The van der Waals surface area contributed by atoms with Crippen molar-refractivity contribution in [1.82, 2.24) is 13.9 Å². The van der Waals surface area contributed by atoms with E-state index in [4.69, 9.17) is 16.3 Å². The molecule has 11 nitrogen and oxygen atoms in total. The van der Waals surface area contributed by atoms with Crippen LogP contribution in [0.3, 0.4) is 0 Å². The summed E-state index contributed by atoms with van der Waals surface area (Å²) in [7, 11) is -0.206. The van der Waals surface area contributed by atoms with E-state index in [1.807, 2.05) is 29.0 Å². The average Bonchev–Trinajstić information content (AvgIpc) is 3.03. The number of amides is 2. The van der Waals surface area contributed by atoms with E-state index in [1.165, 1.54) is 25.1 Å². The Morgan fingerprint density at radius 1 is 1.11 bits per heavy atom. The van der Waals surface area contributed by atoms with Crippen molar-refractivity contribution in [3.05, 3.63) is 70.3 Å². The van der Waals surface area contributed by atoms with Gasteiger partial charge in [-0.05, 0) is 91.3 Å². The molecule has 2 aromatic carbocycles. The predicted molar refractivity (Wildman–Crippen MR) is 180 cm³/mol. The number of carbonyl (C=O) groups is 2. The molecule has 1 aliphatic carbocycles. The summed E-state index contributed by atoms with van der Waals surface area (Å²) in [6, 6.07) is 10.6. The van der Waals surface area contributed by atoms with E-state index >= 15 is 0 Å². The summed E-state index contributed by atoms with van der Waals surface area (Å²) >= 11 is 6.33. The van der Waals surface area contributed by atoms with Crippen LogP contribution < -0.4 is 14.4 Å². The van der Waals surface area contributed by atoms with Crippen molar-refractivity contribution in [2.45, 2.75) is 63.3 Å². The molecule has 2 amide bonds. The Bertz CT molecular complexity index is 1620. The van der Waals surface area contributed by atoms with Crippen LogP contribution in [-0.2, 0) is 38.4 Å². The van der Waals surface area contributed by atoms with Crippen LogP contribution in [-0.4, -0.2) is 86.5 Å². The number of halogens is 1. The largest absolute Gasteiger partial charge is 0.487 e. The topological polar surface area (TPSA) is 140 Å². The fourth-order valence-electron chi connectivity index (χ4n) is 6.48. The molecule has 5 rings (SSSR count). The van der Waals surface area contributed by atoms with E-state index in [9.17, 15) is 28.2 Å². The van der Waals surface area contributed by atoms with Gasteiger partial charge in [0.2, 0.25) is 5.91 Å². The van der Waals surface area contributed by atoms with Gasteiger partial charge in [0.15, 0.2) is 5.60 Å². The van der Waals surface area contributed by atoms with Crippen molar-refractivity contribution < 1.29 is 33.0 Å². The number of benzene rings is 2. The number of rotatable bonds is 3. The summed E-state index contributed by atoms with van der Waals surface area (Å²) in [5, 5.41) is 23.8. The Labute approximate surface area is 282 Å². The smallest absolute Gasteiger partial charge is 0.303 e. The molecule has 0 spiro atoms. The highest BCUT2D eigenvalue weighted by Gasteiger charge is 2.44. The van der Waals surface area contributed by atoms with Crippen LogP contribution in [0.2, 0.25) is 5.02 Å². The normalized spacial score (nSPS) is 26.6. The molecule has 3 aliphatic rings. The summed E-state index contributed by atoms with van der Waals surface area (Å²) in [5.41, 5.74) is 0.272. The highest BCUT2D eigenvalue weighted by atomic mass is 35.5. The average molecular weight is 689 g/mol.